The van der Waals surface area contributed by atoms with Gasteiger partial charge < -0.3 is 5.73 Å². The first-order valence-corrected chi connectivity index (χ1v) is 4.19. The van der Waals surface area contributed by atoms with Gasteiger partial charge in [-0.05, 0) is 5.41 Å². The molecule has 4 heteroatoms. The van der Waals surface area contributed by atoms with Crippen molar-refractivity contribution in [2.24, 2.45) is 0 Å². The van der Waals surface area contributed by atoms with Crippen molar-refractivity contribution in [1.29, 1.82) is 0 Å². The van der Waals surface area contributed by atoms with E-state index in [9.17, 15) is 4.79 Å². The van der Waals surface area contributed by atoms with Crippen LogP contribution >= 0.6 is 0 Å². The summed E-state index contributed by atoms with van der Waals surface area (Å²) >= 11 is 0. The summed E-state index contributed by atoms with van der Waals surface area (Å²) in [6, 6.07) is 0. The lowest BCUT2D eigenvalue weighted by Crippen LogP contribution is -2.16. The number of anilines is 1. The van der Waals surface area contributed by atoms with E-state index in [1.807, 2.05) is 20.8 Å². The summed E-state index contributed by atoms with van der Waals surface area (Å²) < 4.78 is 0. The average molecular weight is 181 g/mol. The van der Waals surface area contributed by atoms with Crippen molar-refractivity contribution in [2.75, 3.05) is 5.73 Å². The van der Waals surface area contributed by atoms with Gasteiger partial charge in [-0.25, -0.2) is 0 Å². The highest BCUT2D eigenvalue weighted by atomic mass is 16.1. The number of hydrogen-bond acceptors (Lipinski definition) is 3. The summed E-state index contributed by atoms with van der Waals surface area (Å²) in [6.07, 6.45) is 0. The molecular formula is C9H15N3O. The van der Waals surface area contributed by atoms with Gasteiger partial charge in [0.1, 0.15) is 11.5 Å². The lowest BCUT2D eigenvalue weighted by molar-refractivity contribution is 0.101. The van der Waals surface area contributed by atoms with Gasteiger partial charge in [-0.2, -0.15) is 5.10 Å². The Hall–Kier alpha value is -1.32. The molecule has 1 aromatic heterocycles. The second-order valence-electron chi connectivity index (χ2n) is 4.17. The Balaban J connectivity index is 3.33. The fourth-order valence-electron chi connectivity index (χ4n) is 1.37. The third kappa shape index (κ3) is 1.71. The maximum atomic E-state index is 11.2. The summed E-state index contributed by atoms with van der Waals surface area (Å²) in [7, 11) is 0. The lowest BCUT2D eigenvalue weighted by Gasteiger charge is -2.18. The second kappa shape index (κ2) is 2.87. The average Bonchev–Trinajstić information content (AvgIpc) is 2.28. The highest BCUT2D eigenvalue weighted by Gasteiger charge is 2.25. The molecule has 4 nitrogen and oxygen atoms in total. The van der Waals surface area contributed by atoms with Crippen LogP contribution in [0.4, 0.5) is 5.82 Å². The zero-order chi connectivity index (χ0) is 10.2. The molecule has 0 unspecified atom stereocenters. The number of ketones is 1. The first kappa shape index (κ1) is 9.77. The molecule has 0 saturated heterocycles. The van der Waals surface area contributed by atoms with E-state index in [1.54, 1.807) is 0 Å². The van der Waals surface area contributed by atoms with Crippen LogP contribution in [0.25, 0.3) is 0 Å². The van der Waals surface area contributed by atoms with Crippen LogP contribution in [0.15, 0.2) is 0 Å². The molecule has 0 atom stereocenters. The van der Waals surface area contributed by atoms with E-state index in [1.165, 1.54) is 6.92 Å². The van der Waals surface area contributed by atoms with Crippen LogP contribution in [0.3, 0.4) is 0 Å². The third-order valence-electron chi connectivity index (χ3n) is 1.90. The maximum absolute atomic E-state index is 11.2. The van der Waals surface area contributed by atoms with Crippen LogP contribution in [0.2, 0.25) is 0 Å². The van der Waals surface area contributed by atoms with Crippen LogP contribution in [0.5, 0.6) is 0 Å². The SMILES string of the molecule is CC(=O)c1[nH]nc(N)c1C(C)(C)C. The molecule has 72 valence electrons. The third-order valence-corrected chi connectivity index (χ3v) is 1.90. The van der Waals surface area contributed by atoms with Gasteiger partial charge in [0.05, 0.1) is 0 Å². The molecule has 1 rings (SSSR count). The molecule has 0 amide bonds. The number of nitrogens with two attached hydrogens (primary N) is 1. The molecule has 3 N–H and O–H groups in total. The van der Waals surface area contributed by atoms with Gasteiger partial charge in [0.25, 0.3) is 0 Å². The van der Waals surface area contributed by atoms with Crippen molar-refractivity contribution in [3.63, 3.8) is 0 Å². The molecule has 0 spiro atoms. The molecular weight excluding hydrogens is 166 g/mol. The van der Waals surface area contributed by atoms with E-state index in [0.29, 0.717) is 11.5 Å². The molecule has 0 radical (unpaired) electrons. The van der Waals surface area contributed by atoms with Crippen LogP contribution in [0.1, 0.15) is 43.7 Å². The molecule has 0 bridgehead atoms. The van der Waals surface area contributed by atoms with Crippen molar-refractivity contribution in [3.05, 3.63) is 11.3 Å². The monoisotopic (exact) mass is 181 g/mol. The first-order chi connectivity index (χ1) is 5.84. The Kier molecular flexibility index (Phi) is 2.15. The Morgan fingerprint density at radius 3 is 2.31 bits per heavy atom. The van der Waals surface area contributed by atoms with E-state index in [4.69, 9.17) is 5.73 Å². The molecule has 0 aliphatic carbocycles. The van der Waals surface area contributed by atoms with Gasteiger partial charge in [-0.3, -0.25) is 9.89 Å². The van der Waals surface area contributed by atoms with E-state index >= 15 is 0 Å². The number of aromatic nitrogens is 2. The Labute approximate surface area is 77.5 Å². The normalized spacial score (nSPS) is 11.7. The Morgan fingerprint density at radius 2 is 2.00 bits per heavy atom. The molecule has 1 aromatic rings. The first-order valence-electron chi connectivity index (χ1n) is 4.19. The van der Waals surface area contributed by atoms with Crippen LogP contribution < -0.4 is 5.73 Å². The summed E-state index contributed by atoms with van der Waals surface area (Å²) in [5, 5.41) is 6.49. The van der Waals surface area contributed by atoms with Gasteiger partial charge >= 0.3 is 0 Å². The van der Waals surface area contributed by atoms with Crippen LogP contribution in [0, 0.1) is 0 Å². The zero-order valence-electron chi connectivity index (χ0n) is 8.43. The summed E-state index contributed by atoms with van der Waals surface area (Å²) in [5.41, 5.74) is 6.84. The molecule has 0 aromatic carbocycles. The van der Waals surface area contributed by atoms with Gasteiger partial charge in [-0.1, -0.05) is 20.8 Å². The highest BCUT2D eigenvalue weighted by Crippen LogP contribution is 2.29. The lowest BCUT2D eigenvalue weighted by atomic mass is 9.86. The number of H-pyrrole nitrogens is 1. The topological polar surface area (TPSA) is 71.8 Å². The van der Waals surface area contributed by atoms with E-state index in [-0.39, 0.29) is 11.2 Å². The van der Waals surface area contributed by atoms with Crippen molar-refractivity contribution in [3.8, 4) is 0 Å². The van der Waals surface area contributed by atoms with Crippen LogP contribution in [-0.2, 0) is 5.41 Å². The van der Waals surface area contributed by atoms with E-state index < -0.39 is 0 Å². The number of aromatic amines is 1. The number of carbonyl (C=O) groups is 1. The number of nitrogen functional groups attached to an aromatic ring is 1. The zero-order valence-corrected chi connectivity index (χ0v) is 8.43. The van der Waals surface area contributed by atoms with Gasteiger partial charge in [0.2, 0.25) is 0 Å². The molecule has 13 heavy (non-hydrogen) atoms. The van der Waals surface area contributed by atoms with Gasteiger partial charge in [0, 0.05) is 12.5 Å². The maximum Gasteiger partial charge on any atom is 0.177 e. The minimum atomic E-state index is -0.155. The van der Waals surface area contributed by atoms with E-state index in [2.05, 4.69) is 10.2 Å². The molecule has 1 heterocycles. The summed E-state index contributed by atoms with van der Waals surface area (Å²) in [6.45, 7) is 7.50. The molecule has 0 fully saturated rings. The van der Waals surface area contributed by atoms with E-state index in [0.717, 1.165) is 5.56 Å². The summed E-state index contributed by atoms with van der Waals surface area (Å²) in [5.74, 6) is 0.381. The molecule has 0 saturated carbocycles. The predicted molar refractivity (Wildman–Crippen MR) is 51.7 cm³/mol. The Morgan fingerprint density at radius 1 is 1.46 bits per heavy atom. The fourth-order valence-corrected chi connectivity index (χ4v) is 1.37. The van der Waals surface area contributed by atoms with Gasteiger partial charge in [-0.15, -0.1) is 0 Å². The van der Waals surface area contributed by atoms with Crippen molar-refractivity contribution in [2.45, 2.75) is 33.1 Å². The number of Topliss-reactive ketones (excluding diaryl/α,β-unsaturated/α-hetero) is 1. The predicted octanol–water partition coefficient (Wildman–Crippen LogP) is 1.49. The Bertz CT molecular complexity index is 333. The quantitative estimate of drug-likeness (QED) is 0.645. The molecule has 0 aliphatic heterocycles. The standard InChI is InChI=1S/C9H15N3O/c1-5(13)7-6(9(2,3)4)8(10)12-11-7/h1-4H3,(H3,10,11,12). The fraction of sp³-hybridized carbons (Fsp3) is 0.556. The number of hydrogen-bond donors (Lipinski definition) is 2. The van der Waals surface area contributed by atoms with Crippen molar-refractivity contribution < 1.29 is 4.79 Å². The van der Waals surface area contributed by atoms with Crippen molar-refractivity contribution >= 4 is 11.6 Å². The smallest absolute Gasteiger partial charge is 0.177 e. The minimum Gasteiger partial charge on any atom is -0.382 e. The van der Waals surface area contributed by atoms with Crippen LogP contribution in [-0.4, -0.2) is 16.0 Å². The number of nitrogens with one attached hydrogen (secondary N) is 1. The number of rotatable bonds is 1. The highest BCUT2D eigenvalue weighted by molar-refractivity contribution is 5.95. The van der Waals surface area contributed by atoms with Gasteiger partial charge in [0.15, 0.2) is 5.78 Å². The molecule has 0 aliphatic rings. The second-order valence-corrected chi connectivity index (χ2v) is 4.17. The largest absolute Gasteiger partial charge is 0.382 e. The number of carbonyl (C=O) groups excluding carboxylic acids is 1. The minimum absolute atomic E-state index is 0.0332. The summed E-state index contributed by atoms with van der Waals surface area (Å²) in [4.78, 5) is 11.2. The van der Waals surface area contributed by atoms with Crippen molar-refractivity contribution in [1.82, 2.24) is 10.2 Å². The number of nitrogens with zero attached hydrogens (tertiary/aromatic N) is 1.